The lowest BCUT2D eigenvalue weighted by atomic mass is 9.96. The lowest BCUT2D eigenvalue weighted by Gasteiger charge is -2.15. The largest absolute Gasteiger partial charge is 0.497 e. The average molecular weight is 396 g/mol. The van der Waals surface area contributed by atoms with E-state index in [2.05, 4.69) is 28.5 Å². The molecule has 1 N–H and O–H groups in total. The van der Waals surface area contributed by atoms with Gasteiger partial charge in [-0.2, -0.15) is 0 Å². The molecular weight excluding hydrogens is 372 g/mol. The zero-order valence-corrected chi connectivity index (χ0v) is 17.1. The molecule has 0 aliphatic carbocycles. The van der Waals surface area contributed by atoms with Crippen molar-refractivity contribution in [3.05, 3.63) is 96.3 Å². The van der Waals surface area contributed by atoms with Crippen LogP contribution in [-0.4, -0.2) is 18.0 Å². The Labute approximate surface area is 176 Å². The minimum Gasteiger partial charge on any atom is -0.497 e. The Hall–Kier alpha value is -3.66. The Morgan fingerprint density at radius 1 is 1.00 bits per heavy atom. The first kappa shape index (κ1) is 19.6. The van der Waals surface area contributed by atoms with Gasteiger partial charge < -0.3 is 10.1 Å². The zero-order chi connectivity index (χ0) is 20.9. The maximum absolute atomic E-state index is 12.7. The summed E-state index contributed by atoms with van der Waals surface area (Å²) in [6, 6.07) is 24.0. The number of benzene rings is 3. The fourth-order valence-electron chi connectivity index (χ4n) is 3.67. The number of aromatic nitrogens is 1. The molecule has 30 heavy (non-hydrogen) atoms. The highest BCUT2D eigenvalue weighted by Crippen LogP contribution is 2.32. The van der Waals surface area contributed by atoms with E-state index >= 15 is 0 Å². The highest BCUT2D eigenvalue weighted by Gasteiger charge is 2.15. The van der Waals surface area contributed by atoms with Crippen LogP contribution in [0.3, 0.4) is 0 Å². The van der Waals surface area contributed by atoms with Gasteiger partial charge in [-0.1, -0.05) is 54.6 Å². The van der Waals surface area contributed by atoms with E-state index in [4.69, 9.17) is 4.74 Å². The number of nitrogens with zero attached hydrogens (tertiary/aromatic N) is 1. The number of rotatable bonds is 6. The van der Waals surface area contributed by atoms with Gasteiger partial charge in [-0.25, -0.2) is 0 Å². The summed E-state index contributed by atoms with van der Waals surface area (Å²) in [5.74, 6) is 0.628. The number of pyridine rings is 1. The second-order valence-electron chi connectivity index (χ2n) is 7.28. The molecule has 0 saturated carbocycles. The molecule has 3 aromatic carbocycles. The Morgan fingerprint density at radius 2 is 1.83 bits per heavy atom. The summed E-state index contributed by atoms with van der Waals surface area (Å²) in [6.45, 7) is 2.38. The molecule has 1 amide bonds. The summed E-state index contributed by atoms with van der Waals surface area (Å²) < 4.78 is 5.38. The first-order valence-corrected chi connectivity index (χ1v) is 10.00. The lowest BCUT2D eigenvalue weighted by molar-refractivity contribution is -0.122. The molecule has 1 aromatic heterocycles. The fraction of sp³-hybridized carbons (Fsp3) is 0.154. The standard InChI is InChI=1S/C26H24N2O2/c1-18(19-7-4-3-5-8-19)26(29)28-16-21-11-12-23(24-13-14-27-17-25(21)24)20-9-6-10-22(15-20)30-2/h3-15,17-18H,16H2,1-2H3,(H,28,29)/t18-/m0/s1. The van der Waals surface area contributed by atoms with E-state index < -0.39 is 0 Å². The second-order valence-corrected chi connectivity index (χ2v) is 7.28. The third-order valence-electron chi connectivity index (χ3n) is 5.44. The number of amides is 1. The number of carbonyl (C=O) groups is 1. The molecule has 150 valence electrons. The molecular formula is C26H24N2O2. The summed E-state index contributed by atoms with van der Waals surface area (Å²) in [4.78, 5) is 17.0. The number of carbonyl (C=O) groups excluding carboxylic acids is 1. The Morgan fingerprint density at radius 3 is 2.63 bits per heavy atom. The third kappa shape index (κ3) is 4.03. The highest BCUT2D eigenvalue weighted by molar-refractivity contribution is 5.98. The smallest absolute Gasteiger partial charge is 0.227 e. The van der Waals surface area contributed by atoms with Gasteiger partial charge in [-0.05, 0) is 52.8 Å². The monoisotopic (exact) mass is 396 g/mol. The third-order valence-corrected chi connectivity index (χ3v) is 5.44. The van der Waals surface area contributed by atoms with Crippen molar-refractivity contribution in [3.63, 3.8) is 0 Å². The van der Waals surface area contributed by atoms with E-state index in [0.717, 1.165) is 38.8 Å². The van der Waals surface area contributed by atoms with Crippen LogP contribution in [0.25, 0.3) is 21.9 Å². The van der Waals surface area contributed by atoms with E-state index in [0.29, 0.717) is 6.54 Å². The molecule has 0 radical (unpaired) electrons. The molecule has 0 spiro atoms. The minimum absolute atomic E-state index is 0.00936. The summed E-state index contributed by atoms with van der Waals surface area (Å²) in [5, 5.41) is 5.21. The van der Waals surface area contributed by atoms with Crippen molar-refractivity contribution < 1.29 is 9.53 Å². The molecule has 0 unspecified atom stereocenters. The molecule has 4 rings (SSSR count). The average Bonchev–Trinajstić information content (AvgIpc) is 2.82. The summed E-state index contributed by atoms with van der Waals surface area (Å²) >= 11 is 0. The van der Waals surface area contributed by atoms with Gasteiger partial charge in [0.25, 0.3) is 0 Å². The van der Waals surface area contributed by atoms with Crippen molar-refractivity contribution in [1.82, 2.24) is 10.3 Å². The van der Waals surface area contributed by atoms with Gasteiger partial charge >= 0.3 is 0 Å². The summed E-state index contributed by atoms with van der Waals surface area (Å²) in [6.07, 6.45) is 3.66. The van der Waals surface area contributed by atoms with E-state index in [1.807, 2.05) is 67.7 Å². The predicted octanol–water partition coefficient (Wildman–Crippen LogP) is 5.33. The van der Waals surface area contributed by atoms with Crippen LogP contribution < -0.4 is 10.1 Å². The van der Waals surface area contributed by atoms with Gasteiger partial charge in [0.05, 0.1) is 13.0 Å². The first-order chi connectivity index (χ1) is 14.7. The SMILES string of the molecule is COc1cccc(-c2ccc(CNC(=O)[C@@H](C)c3ccccc3)c3cnccc23)c1. The van der Waals surface area contributed by atoms with Gasteiger partial charge in [-0.3, -0.25) is 9.78 Å². The van der Waals surface area contributed by atoms with Gasteiger partial charge in [0.2, 0.25) is 5.91 Å². The topological polar surface area (TPSA) is 51.2 Å². The number of hydrogen-bond donors (Lipinski definition) is 1. The quantitative estimate of drug-likeness (QED) is 0.479. The van der Waals surface area contributed by atoms with Gasteiger partial charge in [0.15, 0.2) is 0 Å². The van der Waals surface area contributed by atoms with Gasteiger partial charge in [0.1, 0.15) is 5.75 Å². The van der Waals surface area contributed by atoms with Crippen LogP contribution >= 0.6 is 0 Å². The van der Waals surface area contributed by atoms with Gasteiger partial charge in [0, 0.05) is 24.3 Å². The van der Waals surface area contributed by atoms with E-state index in [1.54, 1.807) is 13.3 Å². The molecule has 0 saturated heterocycles. The normalized spacial score (nSPS) is 11.8. The van der Waals surface area contributed by atoms with Crippen LogP contribution in [0.1, 0.15) is 24.0 Å². The maximum Gasteiger partial charge on any atom is 0.227 e. The van der Waals surface area contributed by atoms with E-state index in [-0.39, 0.29) is 11.8 Å². The van der Waals surface area contributed by atoms with Crippen molar-refractivity contribution in [1.29, 1.82) is 0 Å². The zero-order valence-electron chi connectivity index (χ0n) is 17.1. The predicted molar refractivity (Wildman–Crippen MR) is 120 cm³/mol. The van der Waals surface area contributed by atoms with Crippen molar-refractivity contribution in [3.8, 4) is 16.9 Å². The van der Waals surface area contributed by atoms with E-state index in [1.165, 1.54) is 0 Å². The van der Waals surface area contributed by atoms with Crippen molar-refractivity contribution in [2.75, 3.05) is 7.11 Å². The number of nitrogens with one attached hydrogen (secondary N) is 1. The number of fused-ring (bicyclic) bond motifs is 1. The van der Waals surface area contributed by atoms with Crippen LogP contribution in [0.5, 0.6) is 5.75 Å². The Balaban J connectivity index is 1.61. The van der Waals surface area contributed by atoms with Crippen molar-refractivity contribution >= 4 is 16.7 Å². The van der Waals surface area contributed by atoms with E-state index in [9.17, 15) is 4.79 Å². The Kier molecular flexibility index (Phi) is 5.75. The molecule has 4 heteroatoms. The fourth-order valence-corrected chi connectivity index (χ4v) is 3.67. The van der Waals surface area contributed by atoms with Crippen LogP contribution in [0, 0.1) is 0 Å². The molecule has 0 bridgehead atoms. The van der Waals surface area contributed by atoms with Crippen molar-refractivity contribution in [2.24, 2.45) is 0 Å². The van der Waals surface area contributed by atoms with Crippen LogP contribution in [0.4, 0.5) is 0 Å². The molecule has 1 heterocycles. The lowest BCUT2D eigenvalue weighted by Crippen LogP contribution is -2.27. The molecule has 0 aliphatic rings. The molecule has 4 nitrogen and oxygen atoms in total. The molecule has 1 atom stereocenters. The summed E-state index contributed by atoms with van der Waals surface area (Å²) in [5.41, 5.74) is 4.24. The maximum atomic E-state index is 12.7. The minimum atomic E-state index is -0.202. The number of ether oxygens (including phenoxy) is 1. The number of hydrogen-bond acceptors (Lipinski definition) is 3. The van der Waals surface area contributed by atoms with Crippen LogP contribution in [0.15, 0.2) is 85.2 Å². The molecule has 4 aromatic rings. The molecule has 0 fully saturated rings. The second kappa shape index (κ2) is 8.78. The van der Waals surface area contributed by atoms with Crippen molar-refractivity contribution in [2.45, 2.75) is 19.4 Å². The first-order valence-electron chi connectivity index (χ1n) is 10.00. The van der Waals surface area contributed by atoms with Crippen LogP contribution in [-0.2, 0) is 11.3 Å². The highest BCUT2D eigenvalue weighted by atomic mass is 16.5. The Bertz CT molecular complexity index is 1170. The van der Waals surface area contributed by atoms with Crippen LogP contribution in [0.2, 0.25) is 0 Å². The van der Waals surface area contributed by atoms with Gasteiger partial charge in [-0.15, -0.1) is 0 Å². The molecule has 0 aliphatic heterocycles. The summed E-state index contributed by atoms with van der Waals surface area (Å²) in [7, 11) is 1.67. The number of methoxy groups -OCH3 is 1.